The van der Waals surface area contributed by atoms with Gasteiger partial charge in [-0.05, 0) is 29.8 Å². The number of rotatable bonds is 4. The molecule has 0 amide bonds. The Morgan fingerprint density at radius 1 is 0.857 bits per heavy atom. The molecule has 0 fully saturated rings. The number of pyridine rings is 1. The summed E-state index contributed by atoms with van der Waals surface area (Å²) < 4.78 is 19.8. The van der Waals surface area contributed by atoms with E-state index in [2.05, 4.69) is 10.3 Å². The summed E-state index contributed by atoms with van der Waals surface area (Å²) in [5.74, 6) is -0.313. The normalized spacial score (nSPS) is 11.2. The fourth-order valence-corrected chi connectivity index (χ4v) is 3.29. The molecule has 3 aromatic carbocycles. The second-order valence-corrected chi connectivity index (χ2v) is 6.52. The van der Waals surface area contributed by atoms with Crippen LogP contribution in [-0.4, -0.2) is 9.97 Å². The number of anilines is 1. The second-order valence-electron chi connectivity index (χ2n) is 6.52. The fourth-order valence-electron chi connectivity index (χ4n) is 3.29. The van der Waals surface area contributed by atoms with E-state index in [1.54, 1.807) is 6.07 Å². The van der Waals surface area contributed by atoms with Gasteiger partial charge in [0.15, 0.2) is 5.58 Å². The van der Waals surface area contributed by atoms with E-state index in [0.717, 1.165) is 16.5 Å². The second kappa shape index (κ2) is 6.78. The van der Waals surface area contributed by atoms with Crippen LogP contribution in [-0.2, 0) is 6.54 Å². The molecule has 2 aromatic heterocycles. The van der Waals surface area contributed by atoms with Gasteiger partial charge in [-0.25, -0.2) is 9.37 Å². The minimum atomic E-state index is -0.313. The number of oxazole rings is 1. The summed E-state index contributed by atoms with van der Waals surface area (Å²) >= 11 is 0. The molecule has 0 saturated heterocycles. The number of halogens is 1. The smallest absolute Gasteiger partial charge is 0.296 e. The maximum atomic E-state index is 13.8. The van der Waals surface area contributed by atoms with Crippen LogP contribution < -0.4 is 5.32 Å². The SMILES string of the molecule is Fc1cccc(-c2nc3ccccc3c3oc(NCc4ccccc4)nc23)c1. The Labute approximate surface area is 160 Å². The van der Waals surface area contributed by atoms with Gasteiger partial charge in [0.1, 0.15) is 17.0 Å². The number of aromatic nitrogens is 2. The molecule has 136 valence electrons. The zero-order valence-electron chi connectivity index (χ0n) is 14.9. The summed E-state index contributed by atoms with van der Waals surface area (Å²) in [6.07, 6.45) is 0. The minimum absolute atomic E-state index is 0.313. The van der Waals surface area contributed by atoms with Crippen LogP contribution >= 0.6 is 0 Å². The zero-order valence-corrected chi connectivity index (χ0v) is 14.9. The molecule has 1 N–H and O–H groups in total. The van der Waals surface area contributed by atoms with Crippen molar-refractivity contribution >= 4 is 28.0 Å². The van der Waals surface area contributed by atoms with E-state index in [0.29, 0.717) is 34.9 Å². The number of hydrogen-bond acceptors (Lipinski definition) is 4. The molecule has 0 aliphatic carbocycles. The van der Waals surface area contributed by atoms with Gasteiger partial charge in [0.05, 0.1) is 5.52 Å². The van der Waals surface area contributed by atoms with E-state index in [9.17, 15) is 4.39 Å². The van der Waals surface area contributed by atoms with Crippen molar-refractivity contribution in [2.45, 2.75) is 6.54 Å². The highest BCUT2D eigenvalue weighted by molar-refractivity contribution is 6.06. The van der Waals surface area contributed by atoms with E-state index in [1.165, 1.54) is 12.1 Å². The van der Waals surface area contributed by atoms with Crippen LogP contribution in [0.3, 0.4) is 0 Å². The number of para-hydroxylation sites is 1. The van der Waals surface area contributed by atoms with Crippen molar-refractivity contribution in [3.05, 3.63) is 90.2 Å². The monoisotopic (exact) mass is 369 g/mol. The third-order valence-corrected chi connectivity index (χ3v) is 4.62. The van der Waals surface area contributed by atoms with Crippen LogP contribution in [0.4, 0.5) is 10.4 Å². The van der Waals surface area contributed by atoms with Crippen molar-refractivity contribution in [3.63, 3.8) is 0 Å². The van der Waals surface area contributed by atoms with Crippen LogP contribution in [0.2, 0.25) is 0 Å². The Balaban J connectivity index is 1.65. The van der Waals surface area contributed by atoms with Crippen molar-refractivity contribution in [3.8, 4) is 11.3 Å². The van der Waals surface area contributed by atoms with Gasteiger partial charge in [-0.1, -0.05) is 54.6 Å². The topological polar surface area (TPSA) is 51.0 Å². The number of hydrogen-bond donors (Lipinski definition) is 1. The van der Waals surface area contributed by atoms with E-state index in [-0.39, 0.29) is 5.82 Å². The quantitative estimate of drug-likeness (QED) is 0.435. The molecule has 0 spiro atoms. The third kappa shape index (κ3) is 2.97. The minimum Gasteiger partial charge on any atom is -0.423 e. The molecule has 4 nitrogen and oxygen atoms in total. The summed E-state index contributed by atoms with van der Waals surface area (Å²) in [5, 5.41) is 4.10. The van der Waals surface area contributed by atoms with Crippen molar-refractivity contribution in [1.82, 2.24) is 9.97 Å². The molecular weight excluding hydrogens is 353 g/mol. The lowest BCUT2D eigenvalue weighted by Crippen LogP contribution is -1.98. The molecule has 2 heterocycles. The predicted molar refractivity (Wildman–Crippen MR) is 108 cm³/mol. The zero-order chi connectivity index (χ0) is 18.9. The number of fused-ring (bicyclic) bond motifs is 3. The maximum Gasteiger partial charge on any atom is 0.296 e. The largest absolute Gasteiger partial charge is 0.423 e. The van der Waals surface area contributed by atoms with Crippen molar-refractivity contribution in [2.24, 2.45) is 0 Å². The predicted octanol–water partition coefficient (Wildman–Crippen LogP) is 5.79. The molecule has 0 aliphatic rings. The van der Waals surface area contributed by atoms with Crippen molar-refractivity contribution in [1.29, 1.82) is 0 Å². The molecule has 0 atom stereocenters. The third-order valence-electron chi connectivity index (χ3n) is 4.62. The Kier molecular flexibility index (Phi) is 3.98. The number of nitrogens with one attached hydrogen (secondary N) is 1. The van der Waals surface area contributed by atoms with E-state index in [4.69, 9.17) is 9.40 Å². The lowest BCUT2D eigenvalue weighted by molar-refractivity contribution is 0.617. The van der Waals surface area contributed by atoms with Crippen LogP contribution in [0.25, 0.3) is 33.3 Å². The molecule has 28 heavy (non-hydrogen) atoms. The Bertz CT molecular complexity index is 1280. The molecule has 0 saturated carbocycles. The average Bonchev–Trinajstić information content (AvgIpc) is 3.17. The van der Waals surface area contributed by atoms with E-state index in [1.807, 2.05) is 60.7 Å². The first-order chi connectivity index (χ1) is 13.8. The molecule has 0 radical (unpaired) electrons. The van der Waals surface area contributed by atoms with Crippen LogP contribution in [0.15, 0.2) is 83.3 Å². The highest BCUT2D eigenvalue weighted by Gasteiger charge is 2.17. The number of benzene rings is 3. The van der Waals surface area contributed by atoms with Crippen LogP contribution in [0, 0.1) is 5.82 Å². The standard InChI is InChI=1S/C23H16FN3O/c24-17-10-6-9-16(13-17)20-21-22(18-11-4-5-12-19(18)26-20)28-23(27-21)25-14-15-7-2-1-3-8-15/h1-13H,14H2,(H,25,27). The Hall–Kier alpha value is -3.73. The summed E-state index contributed by atoms with van der Waals surface area (Å²) in [7, 11) is 0. The van der Waals surface area contributed by atoms with Crippen molar-refractivity contribution in [2.75, 3.05) is 5.32 Å². The summed E-state index contributed by atoms with van der Waals surface area (Å²) in [6.45, 7) is 0.592. The van der Waals surface area contributed by atoms with Gasteiger partial charge in [-0.2, -0.15) is 4.98 Å². The summed E-state index contributed by atoms with van der Waals surface area (Å²) in [4.78, 5) is 9.35. The van der Waals surface area contributed by atoms with Crippen LogP contribution in [0.5, 0.6) is 0 Å². The van der Waals surface area contributed by atoms with Gasteiger partial charge < -0.3 is 9.73 Å². The molecular formula is C23H16FN3O. The van der Waals surface area contributed by atoms with Crippen LogP contribution in [0.1, 0.15) is 5.56 Å². The maximum absolute atomic E-state index is 13.8. The molecule has 5 rings (SSSR count). The lowest BCUT2D eigenvalue weighted by atomic mass is 10.1. The van der Waals surface area contributed by atoms with Gasteiger partial charge in [-0.3, -0.25) is 0 Å². The Morgan fingerprint density at radius 2 is 1.68 bits per heavy atom. The molecule has 0 unspecified atom stereocenters. The molecule has 0 bridgehead atoms. The van der Waals surface area contributed by atoms with Crippen molar-refractivity contribution < 1.29 is 8.81 Å². The average molecular weight is 369 g/mol. The Morgan fingerprint density at radius 3 is 2.54 bits per heavy atom. The first-order valence-electron chi connectivity index (χ1n) is 9.01. The summed E-state index contributed by atoms with van der Waals surface area (Å²) in [5.41, 5.74) is 4.42. The van der Waals surface area contributed by atoms with Gasteiger partial charge in [0, 0.05) is 17.5 Å². The fraction of sp³-hybridized carbons (Fsp3) is 0.0435. The first-order valence-corrected chi connectivity index (χ1v) is 9.01. The van der Waals surface area contributed by atoms with Gasteiger partial charge in [0.25, 0.3) is 6.01 Å². The highest BCUT2D eigenvalue weighted by Crippen LogP contribution is 2.34. The van der Waals surface area contributed by atoms with E-state index < -0.39 is 0 Å². The van der Waals surface area contributed by atoms with Gasteiger partial charge >= 0.3 is 0 Å². The number of nitrogens with zero attached hydrogens (tertiary/aromatic N) is 2. The first kappa shape index (κ1) is 16.4. The molecule has 5 aromatic rings. The van der Waals surface area contributed by atoms with Gasteiger partial charge in [-0.15, -0.1) is 0 Å². The summed E-state index contributed by atoms with van der Waals surface area (Å²) in [6, 6.07) is 24.5. The molecule has 5 heteroatoms. The lowest BCUT2D eigenvalue weighted by Gasteiger charge is -2.04. The van der Waals surface area contributed by atoms with E-state index >= 15 is 0 Å². The van der Waals surface area contributed by atoms with Gasteiger partial charge in [0.2, 0.25) is 0 Å². The molecule has 0 aliphatic heterocycles. The highest BCUT2D eigenvalue weighted by atomic mass is 19.1.